The highest BCUT2D eigenvalue weighted by Gasteiger charge is 2.24. The van der Waals surface area contributed by atoms with E-state index < -0.39 is 6.43 Å². The zero-order valence-electron chi connectivity index (χ0n) is 6.84. The van der Waals surface area contributed by atoms with Crippen LogP contribution in [0.15, 0.2) is 0 Å². The summed E-state index contributed by atoms with van der Waals surface area (Å²) < 4.78 is 23.6. The fraction of sp³-hybridized carbons (Fsp3) is 0.875. The van der Waals surface area contributed by atoms with Gasteiger partial charge in [-0.1, -0.05) is 0 Å². The van der Waals surface area contributed by atoms with Gasteiger partial charge in [0.05, 0.1) is 12.1 Å². The lowest BCUT2D eigenvalue weighted by molar-refractivity contribution is 0.117. The first-order valence-electron chi connectivity index (χ1n) is 4.16. The van der Waals surface area contributed by atoms with Gasteiger partial charge in [0.2, 0.25) is 6.43 Å². The third-order valence-corrected chi connectivity index (χ3v) is 2.15. The van der Waals surface area contributed by atoms with Gasteiger partial charge in [0.25, 0.3) is 0 Å². The van der Waals surface area contributed by atoms with Crippen molar-refractivity contribution in [3.63, 3.8) is 0 Å². The summed E-state index contributed by atoms with van der Waals surface area (Å²) in [7, 11) is 0. The van der Waals surface area contributed by atoms with E-state index in [1.165, 1.54) is 0 Å². The predicted octanol–water partition coefficient (Wildman–Crippen LogP) is 1.63. The fourth-order valence-corrected chi connectivity index (χ4v) is 1.50. The number of hydrogen-bond acceptors (Lipinski definition) is 2. The quantitative estimate of drug-likeness (QED) is 0.650. The topological polar surface area (TPSA) is 27.0 Å². The van der Waals surface area contributed by atoms with E-state index in [0.29, 0.717) is 6.54 Å². The Kier molecular flexibility index (Phi) is 3.42. The van der Waals surface area contributed by atoms with Crippen LogP contribution in [0.5, 0.6) is 0 Å². The van der Waals surface area contributed by atoms with Crippen LogP contribution < -0.4 is 0 Å². The van der Waals surface area contributed by atoms with Gasteiger partial charge in [0.15, 0.2) is 0 Å². The van der Waals surface area contributed by atoms with Crippen molar-refractivity contribution >= 4 is 0 Å². The van der Waals surface area contributed by atoms with Crippen LogP contribution in [0, 0.1) is 11.3 Å². The number of hydrogen-bond donors (Lipinski definition) is 0. The molecule has 0 aromatic heterocycles. The summed E-state index contributed by atoms with van der Waals surface area (Å²) in [6.07, 6.45) is -0.565. The lowest BCUT2D eigenvalue weighted by Gasteiger charge is -2.17. The first kappa shape index (κ1) is 9.40. The molecule has 2 nitrogen and oxygen atoms in total. The molecule has 12 heavy (non-hydrogen) atoms. The van der Waals surface area contributed by atoms with Crippen LogP contribution in [0.25, 0.3) is 0 Å². The Balaban J connectivity index is 2.27. The van der Waals surface area contributed by atoms with Crippen molar-refractivity contribution in [3.05, 3.63) is 0 Å². The van der Waals surface area contributed by atoms with E-state index in [1.54, 1.807) is 0 Å². The van der Waals surface area contributed by atoms with Crippen LogP contribution in [0.3, 0.4) is 0 Å². The monoisotopic (exact) mass is 174 g/mol. The van der Waals surface area contributed by atoms with Gasteiger partial charge in [-0.05, 0) is 19.4 Å². The molecule has 1 heterocycles. The Morgan fingerprint density at radius 1 is 1.58 bits per heavy atom. The van der Waals surface area contributed by atoms with E-state index >= 15 is 0 Å². The molecule has 1 aliphatic heterocycles. The van der Waals surface area contributed by atoms with Gasteiger partial charge in [-0.15, -0.1) is 0 Å². The Morgan fingerprint density at radius 2 is 2.33 bits per heavy atom. The zero-order chi connectivity index (χ0) is 8.97. The van der Waals surface area contributed by atoms with E-state index in [-0.39, 0.29) is 12.5 Å². The van der Waals surface area contributed by atoms with Crippen molar-refractivity contribution in [2.24, 2.45) is 0 Å². The second kappa shape index (κ2) is 4.36. The normalized spacial score (nSPS) is 24.7. The van der Waals surface area contributed by atoms with E-state index in [4.69, 9.17) is 5.26 Å². The summed E-state index contributed by atoms with van der Waals surface area (Å²) in [5.74, 6) is 0. The molecule has 0 radical (unpaired) electrons. The lowest BCUT2D eigenvalue weighted by atomic mass is 10.2. The molecule has 0 bridgehead atoms. The molecule has 0 aliphatic carbocycles. The van der Waals surface area contributed by atoms with Crippen LogP contribution in [0.4, 0.5) is 8.78 Å². The van der Waals surface area contributed by atoms with Gasteiger partial charge in [-0.25, -0.2) is 8.78 Å². The third kappa shape index (κ3) is 2.42. The van der Waals surface area contributed by atoms with Crippen LogP contribution >= 0.6 is 0 Å². The smallest absolute Gasteiger partial charge is 0.239 e. The molecule has 1 saturated heterocycles. The first-order valence-corrected chi connectivity index (χ1v) is 4.16. The molecule has 0 spiro atoms. The Bertz CT molecular complexity index is 176. The summed E-state index contributed by atoms with van der Waals surface area (Å²) >= 11 is 0. The number of halogens is 2. The molecular formula is C8H12F2N2. The maximum absolute atomic E-state index is 11.8. The number of nitrogens with zero attached hydrogens (tertiary/aromatic N) is 2. The van der Waals surface area contributed by atoms with Crippen molar-refractivity contribution < 1.29 is 8.78 Å². The molecular weight excluding hydrogens is 162 g/mol. The molecule has 0 aromatic carbocycles. The largest absolute Gasteiger partial charge is 0.288 e. The van der Waals surface area contributed by atoms with Crippen LogP contribution in [-0.2, 0) is 0 Å². The Labute approximate surface area is 70.8 Å². The highest BCUT2D eigenvalue weighted by atomic mass is 19.3. The van der Waals surface area contributed by atoms with Gasteiger partial charge in [0, 0.05) is 13.0 Å². The van der Waals surface area contributed by atoms with E-state index in [2.05, 4.69) is 6.07 Å². The standard InChI is InChI=1S/C8H12F2N2/c9-8(10)3-5-12-4-1-2-7(12)6-11/h7-8H,1-5H2. The van der Waals surface area contributed by atoms with Crippen molar-refractivity contribution in [2.75, 3.05) is 13.1 Å². The predicted molar refractivity (Wildman–Crippen MR) is 40.8 cm³/mol. The first-order chi connectivity index (χ1) is 5.74. The van der Waals surface area contributed by atoms with Gasteiger partial charge < -0.3 is 0 Å². The summed E-state index contributed by atoms with van der Waals surface area (Å²) in [5.41, 5.74) is 0. The highest BCUT2D eigenvalue weighted by molar-refractivity contribution is 4.95. The van der Waals surface area contributed by atoms with Crippen molar-refractivity contribution in [2.45, 2.75) is 31.7 Å². The van der Waals surface area contributed by atoms with Crippen molar-refractivity contribution in [3.8, 4) is 6.07 Å². The molecule has 0 saturated carbocycles. The molecule has 0 N–H and O–H groups in total. The lowest BCUT2D eigenvalue weighted by Crippen LogP contribution is -2.30. The molecule has 4 heteroatoms. The summed E-state index contributed by atoms with van der Waals surface area (Å²) in [4.78, 5) is 1.84. The Morgan fingerprint density at radius 3 is 2.92 bits per heavy atom. The van der Waals surface area contributed by atoms with Gasteiger partial charge in [-0.3, -0.25) is 4.90 Å². The average Bonchev–Trinajstić information content (AvgIpc) is 2.47. The summed E-state index contributed by atoms with van der Waals surface area (Å²) in [6.45, 7) is 1.15. The molecule has 1 atom stereocenters. The van der Waals surface area contributed by atoms with Gasteiger partial charge in [0.1, 0.15) is 0 Å². The maximum atomic E-state index is 11.8. The molecule has 68 valence electrons. The fourth-order valence-electron chi connectivity index (χ4n) is 1.50. The summed E-state index contributed by atoms with van der Waals surface area (Å²) in [6, 6.07) is 2.00. The number of nitriles is 1. The number of alkyl halides is 2. The van der Waals surface area contributed by atoms with E-state index in [0.717, 1.165) is 19.4 Å². The zero-order valence-corrected chi connectivity index (χ0v) is 6.84. The van der Waals surface area contributed by atoms with Crippen molar-refractivity contribution in [1.29, 1.82) is 5.26 Å². The van der Waals surface area contributed by atoms with Crippen LogP contribution in [-0.4, -0.2) is 30.5 Å². The molecule has 0 amide bonds. The van der Waals surface area contributed by atoms with Crippen molar-refractivity contribution in [1.82, 2.24) is 4.90 Å². The van der Waals surface area contributed by atoms with Crippen LogP contribution in [0.2, 0.25) is 0 Å². The second-order valence-electron chi connectivity index (χ2n) is 3.00. The van der Waals surface area contributed by atoms with Gasteiger partial charge >= 0.3 is 0 Å². The SMILES string of the molecule is N#CC1CCCN1CCC(F)F. The van der Waals surface area contributed by atoms with E-state index in [1.807, 2.05) is 4.90 Å². The van der Waals surface area contributed by atoms with E-state index in [9.17, 15) is 8.78 Å². The number of likely N-dealkylation sites (tertiary alicyclic amines) is 1. The van der Waals surface area contributed by atoms with Crippen LogP contribution in [0.1, 0.15) is 19.3 Å². The second-order valence-corrected chi connectivity index (χ2v) is 3.00. The molecule has 1 aliphatic rings. The number of rotatable bonds is 3. The molecule has 1 fully saturated rings. The minimum Gasteiger partial charge on any atom is -0.288 e. The maximum Gasteiger partial charge on any atom is 0.239 e. The minimum atomic E-state index is -2.25. The van der Waals surface area contributed by atoms with Gasteiger partial charge in [-0.2, -0.15) is 5.26 Å². The molecule has 0 aromatic rings. The Hall–Kier alpha value is -0.690. The third-order valence-electron chi connectivity index (χ3n) is 2.15. The highest BCUT2D eigenvalue weighted by Crippen LogP contribution is 2.17. The minimum absolute atomic E-state index is 0.113. The summed E-state index contributed by atoms with van der Waals surface area (Å²) in [5, 5.41) is 8.62. The molecule has 1 rings (SSSR count). The average molecular weight is 174 g/mol. The molecule has 1 unspecified atom stereocenters.